The fourth-order valence-electron chi connectivity index (χ4n) is 3.03. The summed E-state index contributed by atoms with van der Waals surface area (Å²) >= 11 is 3.35. The number of halogens is 1. The minimum Gasteiger partial charge on any atom is -0.396 e. The molecule has 1 fully saturated rings. The van der Waals surface area contributed by atoms with E-state index >= 15 is 0 Å². The number of benzene rings is 2. The second-order valence-electron chi connectivity index (χ2n) is 6.46. The van der Waals surface area contributed by atoms with E-state index in [1.54, 1.807) is 42.5 Å². The van der Waals surface area contributed by atoms with Crippen molar-refractivity contribution in [1.29, 1.82) is 0 Å². The highest BCUT2D eigenvalue weighted by Crippen LogP contribution is 2.20. The highest BCUT2D eigenvalue weighted by atomic mass is 79.9. The van der Waals surface area contributed by atoms with Gasteiger partial charge in [-0.3, -0.25) is 9.59 Å². The molecule has 6 heteroatoms. The Bertz CT molecular complexity index is 784. The molecule has 1 aliphatic rings. The largest absolute Gasteiger partial charge is 0.396 e. The number of hydrogen-bond donors (Lipinski definition) is 2. The topological polar surface area (TPSA) is 69.6 Å². The molecule has 0 bridgehead atoms. The Labute approximate surface area is 161 Å². The number of aliphatic hydroxyl groups excluding tert-OH is 1. The number of aliphatic hydroxyl groups is 1. The van der Waals surface area contributed by atoms with Crippen LogP contribution in [0.15, 0.2) is 53.0 Å². The summed E-state index contributed by atoms with van der Waals surface area (Å²) in [6.07, 6.45) is 1.67. The van der Waals surface area contributed by atoms with Crippen molar-refractivity contribution in [3.63, 3.8) is 0 Å². The van der Waals surface area contributed by atoms with Crippen molar-refractivity contribution in [3.8, 4) is 0 Å². The average Bonchev–Trinajstić information content (AvgIpc) is 2.68. The van der Waals surface area contributed by atoms with Crippen molar-refractivity contribution >= 4 is 33.4 Å². The van der Waals surface area contributed by atoms with Gasteiger partial charge in [0.05, 0.1) is 0 Å². The van der Waals surface area contributed by atoms with Crippen molar-refractivity contribution < 1.29 is 14.7 Å². The molecule has 0 atom stereocenters. The first kappa shape index (κ1) is 18.6. The molecule has 136 valence electrons. The van der Waals surface area contributed by atoms with Gasteiger partial charge in [0.2, 0.25) is 0 Å². The first-order valence-electron chi connectivity index (χ1n) is 8.64. The summed E-state index contributed by atoms with van der Waals surface area (Å²) in [5.74, 6) is 0.0948. The average molecular weight is 417 g/mol. The van der Waals surface area contributed by atoms with Gasteiger partial charge in [-0.05, 0) is 61.2 Å². The van der Waals surface area contributed by atoms with Crippen molar-refractivity contribution in [2.75, 3.05) is 25.0 Å². The Morgan fingerprint density at radius 1 is 1.08 bits per heavy atom. The summed E-state index contributed by atoms with van der Waals surface area (Å²) in [7, 11) is 0. The SMILES string of the molecule is O=C(Nc1ccc(C(=O)N2CCC(CO)CC2)cc1)c1cccc(Br)c1. The zero-order valence-electron chi connectivity index (χ0n) is 14.3. The van der Waals surface area contributed by atoms with Crippen LogP contribution in [-0.4, -0.2) is 41.5 Å². The number of nitrogens with one attached hydrogen (secondary N) is 1. The summed E-state index contributed by atoms with van der Waals surface area (Å²) in [5.41, 5.74) is 1.81. The first-order valence-corrected chi connectivity index (χ1v) is 9.43. The Hall–Kier alpha value is -2.18. The van der Waals surface area contributed by atoms with Crippen LogP contribution < -0.4 is 5.32 Å². The standard InChI is InChI=1S/C20H21BrN2O3/c21-17-3-1-2-16(12-17)19(25)22-18-6-4-15(5-7-18)20(26)23-10-8-14(13-24)9-11-23/h1-7,12,14,24H,8-11,13H2,(H,22,25). The number of carbonyl (C=O) groups excluding carboxylic acids is 2. The Morgan fingerprint density at radius 2 is 1.77 bits per heavy atom. The van der Waals surface area contributed by atoms with Crippen LogP contribution in [0.5, 0.6) is 0 Å². The van der Waals surface area contributed by atoms with E-state index in [1.165, 1.54) is 0 Å². The Kier molecular flexibility index (Phi) is 6.06. The number of likely N-dealkylation sites (tertiary alicyclic amines) is 1. The van der Waals surface area contributed by atoms with Crippen LogP contribution in [-0.2, 0) is 0 Å². The van der Waals surface area contributed by atoms with E-state index < -0.39 is 0 Å². The number of hydrogen-bond acceptors (Lipinski definition) is 3. The summed E-state index contributed by atoms with van der Waals surface area (Å²) in [5, 5.41) is 12.0. The molecule has 2 aromatic carbocycles. The minimum atomic E-state index is -0.198. The quantitative estimate of drug-likeness (QED) is 0.800. The van der Waals surface area contributed by atoms with Crippen LogP contribution in [0.4, 0.5) is 5.69 Å². The summed E-state index contributed by atoms with van der Waals surface area (Å²) in [4.78, 5) is 26.6. The van der Waals surface area contributed by atoms with Crippen molar-refractivity contribution in [2.45, 2.75) is 12.8 Å². The van der Waals surface area contributed by atoms with E-state index in [-0.39, 0.29) is 18.4 Å². The number of anilines is 1. The highest BCUT2D eigenvalue weighted by Gasteiger charge is 2.23. The van der Waals surface area contributed by atoms with Gasteiger partial charge < -0.3 is 15.3 Å². The van der Waals surface area contributed by atoms with Crippen LogP contribution in [0.25, 0.3) is 0 Å². The normalized spacial score (nSPS) is 14.9. The van der Waals surface area contributed by atoms with Gasteiger partial charge in [-0.1, -0.05) is 22.0 Å². The molecule has 5 nitrogen and oxygen atoms in total. The molecule has 1 saturated heterocycles. The molecule has 2 N–H and O–H groups in total. The zero-order valence-corrected chi connectivity index (χ0v) is 15.9. The first-order chi connectivity index (χ1) is 12.6. The number of carbonyl (C=O) groups is 2. The third-order valence-electron chi connectivity index (χ3n) is 4.64. The van der Waals surface area contributed by atoms with Crippen LogP contribution in [0, 0.1) is 5.92 Å². The maximum atomic E-state index is 12.6. The lowest BCUT2D eigenvalue weighted by molar-refractivity contribution is 0.0651. The lowest BCUT2D eigenvalue weighted by Gasteiger charge is -2.31. The van der Waals surface area contributed by atoms with Crippen molar-refractivity contribution in [3.05, 3.63) is 64.1 Å². The summed E-state index contributed by atoms with van der Waals surface area (Å²) < 4.78 is 0.844. The smallest absolute Gasteiger partial charge is 0.255 e. The molecule has 0 aliphatic carbocycles. The van der Waals surface area contributed by atoms with Gasteiger partial charge in [0.1, 0.15) is 0 Å². The molecule has 2 aromatic rings. The second-order valence-corrected chi connectivity index (χ2v) is 7.38. The number of amides is 2. The van der Waals surface area contributed by atoms with Gasteiger partial charge in [0.25, 0.3) is 11.8 Å². The molecule has 1 heterocycles. The Balaban J connectivity index is 1.61. The third-order valence-corrected chi connectivity index (χ3v) is 5.13. The van der Waals surface area contributed by atoms with Crippen molar-refractivity contribution in [1.82, 2.24) is 4.90 Å². The van der Waals surface area contributed by atoms with Crippen LogP contribution in [0.3, 0.4) is 0 Å². The van der Waals surface area contributed by atoms with Gasteiger partial charge in [0, 0.05) is 41.0 Å². The molecule has 0 saturated carbocycles. The van der Waals surface area contributed by atoms with E-state index in [0.717, 1.165) is 17.3 Å². The monoisotopic (exact) mass is 416 g/mol. The van der Waals surface area contributed by atoms with Gasteiger partial charge in [0.15, 0.2) is 0 Å². The number of nitrogens with zero attached hydrogens (tertiary/aromatic N) is 1. The zero-order chi connectivity index (χ0) is 18.5. The van der Waals surface area contributed by atoms with Gasteiger partial charge >= 0.3 is 0 Å². The highest BCUT2D eigenvalue weighted by molar-refractivity contribution is 9.10. The van der Waals surface area contributed by atoms with Crippen LogP contribution >= 0.6 is 15.9 Å². The Morgan fingerprint density at radius 3 is 2.38 bits per heavy atom. The van der Waals surface area contributed by atoms with Gasteiger partial charge in [-0.25, -0.2) is 0 Å². The van der Waals surface area contributed by atoms with Crippen LogP contribution in [0.1, 0.15) is 33.6 Å². The van der Waals surface area contributed by atoms with E-state index in [0.29, 0.717) is 35.8 Å². The second kappa shape index (κ2) is 8.47. The lowest BCUT2D eigenvalue weighted by Crippen LogP contribution is -2.39. The molecule has 1 aliphatic heterocycles. The summed E-state index contributed by atoms with van der Waals surface area (Å²) in [6, 6.07) is 14.1. The molecular weight excluding hydrogens is 396 g/mol. The molecule has 0 radical (unpaired) electrons. The molecule has 26 heavy (non-hydrogen) atoms. The van der Waals surface area contributed by atoms with E-state index in [4.69, 9.17) is 0 Å². The van der Waals surface area contributed by atoms with Crippen LogP contribution in [0.2, 0.25) is 0 Å². The van der Waals surface area contributed by atoms with Crippen molar-refractivity contribution in [2.24, 2.45) is 5.92 Å². The maximum absolute atomic E-state index is 12.6. The van der Waals surface area contributed by atoms with Gasteiger partial charge in [-0.2, -0.15) is 0 Å². The van der Waals surface area contributed by atoms with E-state index in [2.05, 4.69) is 21.2 Å². The lowest BCUT2D eigenvalue weighted by atomic mass is 9.97. The van der Waals surface area contributed by atoms with E-state index in [1.807, 2.05) is 11.0 Å². The fourth-order valence-corrected chi connectivity index (χ4v) is 3.43. The summed E-state index contributed by atoms with van der Waals surface area (Å²) in [6.45, 7) is 1.53. The molecule has 0 unspecified atom stereocenters. The predicted octanol–water partition coefficient (Wildman–Crippen LogP) is 3.55. The number of rotatable bonds is 4. The molecular formula is C20H21BrN2O3. The minimum absolute atomic E-state index is 0.00810. The molecule has 3 rings (SSSR count). The third kappa shape index (κ3) is 4.51. The maximum Gasteiger partial charge on any atom is 0.255 e. The van der Waals surface area contributed by atoms with Gasteiger partial charge in [-0.15, -0.1) is 0 Å². The molecule has 2 amide bonds. The predicted molar refractivity (Wildman–Crippen MR) is 104 cm³/mol. The fraction of sp³-hybridized carbons (Fsp3) is 0.300. The van der Waals surface area contributed by atoms with E-state index in [9.17, 15) is 14.7 Å². The molecule has 0 aromatic heterocycles. The number of piperidine rings is 1. The molecule has 0 spiro atoms.